The van der Waals surface area contributed by atoms with E-state index >= 15 is 0 Å². The first kappa shape index (κ1) is 17.4. The first-order valence-electron chi connectivity index (χ1n) is 6.55. The maximum Gasteiger partial charge on any atom is 0.333 e. The number of nitrogens with one attached hydrogen (secondary N) is 1. The number of allylic oxidation sites excluding steroid dienone is 1. The lowest BCUT2D eigenvalue weighted by molar-refractivity contribution is -0.428. The predicted octanol–water partition coefficient (Wildman–Crippen LogP) is 1.59. The quantitative estimate of drug-likeness (QED) is 0.406. The van der Waals surface area contributed by atoms with Gasteiger partial charge in [0.15, 0.2) is 0 Å². The summed E-state index contributed by atoms with van der Waals surface area (Å²) in [6, 6.07) is 3.94. The van der Waals surface area contributed by atoms with Gasteiger partial charge in [-0.15, -0.1) is 0 Å². The van der Waals surface area contributed by atoms with Crippen LogP contribution in [0, 0.1) is 10.1 Å². The number of nitro groups is 1. The molecule has 0 spiro atoms. The highest BCUT2D eigenvalue weighted by Crippen LogP contribution is 2.18. The highest BCUT2D eigenvalue weighted by Gasteiger charge is 2.10. The number of nitrogens with zero attached hydrogens (tertiary/aromatic N) is 2. The van der Waals surface area contributed by atoms with Gasteiger partial charge in [0, 0.05) is 13.5 Å². The molecule has 0 saturated carbocycles. The van der Waals surface area contributed by atoms with E-state index in [4.69, 9.17) is 10.2 Å². The van der Waals surface area contributed by atoms with Crippen molar-refractivity contribution in [3.63, 3.8) is 0 Å². The Kier molecular flexibility index (Phi) is 7.10. The molecule has 0 aromatic carbocycles. The Labute approximate surface area is 128 Å². The Morgan fingerprint density at radius 3 is 2.71 bits per heavy atom. The molecule has 0 saturated heterocycles. The van der Waals surface area contributed by atoms with Gasteiger partial charge in [-0.2, -0.15) is 11.8 Å². The zero-order chi connectivity index (χ0) is 15.8. The minimum Gasteiger partial charge on any atom is -0.464 e. The largest absolute Gasteiger partial charge is 0.464 e. The molecule has 0 aliphatic rings. The average molecular weight is 314 g/mol. The van der Waals surface area contributed by atoms with Gasteiger partial charge >= 0.3 is 5.82 Å². The highest BCUT2D eigenvalue weighted by molar-refractivity contribution is 7.98. The average Bonchev–Trinajstić information content (AvgIpc) is 2.84. The maximum absolute atomic E-state index is 10.6. The van der Waals surface area contributed by atoms with Crippen LogP contribution in [-0.4, -0.2) is 36.7 Å². The van der Waals surface area contributed by atoms with Gasteiger partial charge < -0.3 is 24.7 Å². The van der Waals surface area contributed by atoms with E-state index in [-0.39, 0.29) is 5.82 Å². The molecule has 1 aromatic rings. The summed E-state index contributed by atoms with van der Waals surface area (Å²) < 4.78 is 5.69. The van der Waals surface area contributed by atoms with Gasteiger partial charge in [-0.25, -0.2) is 0 Å². The second kappa shape index (κ2) is 8.58. The Morgan fingerprint density at radius 1 is 1.48 bits per heavy atom. The van der Waals surface area contributed by atoms with E-state index in [1.54, 1.807) is 18.8 Å². The molecule has 7 nitrogen and oxygen atoms in total. The van der Waals surface area contributed by atoms with Crippen molar-refractivity contribution < 1.29 is 9.34 Å². The molecule has 0 unspecified atom stereocenters. The third-order valence-corrected chi connectivity index (χ3v) is 3.72. The minimum absolute atomic E-state index is 0.315. The normalized spacial score (nSPS) is 12.4. The van der Waals surface area contributed by atoms with Crippen molar-refractivity contribution in [3.05, 3.63) is 45.3 Å². The van der Waals surface area contributed by atoms with Crippen LogP contribution in [0.3, 0.4) is 0 Å². The van der Waals surface area contributed by atoms with E-state index in [0.29, 0.717) is 12.1 Å². The van der Waals surface area contributed by atoms with Crippen LogP contribution in [0.5, 0.6) is 0 Å². The van der Waals surface area contributed by atoms with Crippen LogP contribution in [0.1, 0.15) is 17.9 Å². The smallest absolute Gasteiger partial charge is 0.333 e. The Bertz CT molecular complexity index is 499. The van der Waals surface area contributed by atoms with E-state index in [1.165, 1.54) is 0 Å². The SMILES string of the molecule is CNC(CCSCc1ccc(CN(C)C)o1)=C(N)[N+](=O)[O-]. The van der Waals surface area contributed by atoms with Crippen molar-refractivity contribution in [1.82, 2.24) is 10.2 Å². The number of hydrogen-bond acceptors (Lipinski definition) is 7. The number of furan rings is 1. The molecule has 0 aliphatic heterocycles. The Hall–Kier alpha value is -1.67. The lowest BCUT2D eigenvalue weighted by Crippen LogP contribution is -2.20. The molecule has 0 radical (unpaired) electrons. The maximum atomic E-state index is 10.6. The molecule has 1 aromatic heterocycles. The molecule has 0 amide bonds. The molecule has 1 rings (SSSR count). The van der Waals surface area contributed by atoms with E-state index < -0.39 is 4.92 Å². The molecule has 0 atom stereocenters. The van der Waals surface area contributed by atoms with E-state index in [1.807, 2.05) is 31.1 Å². The molecule has 3 N–H and O–H groups in total. The zero-order valence-corrected chi connectivity index (χ0v) is 13.4. The molecular formula is C13H22N4O3S. The fourth-order valence-electron chi connectivity index (χ4n) is 1.73. The minimum atomic E-state index is -0.573. The molecule has 8 heteroatoms. The fourth-order valence-corrected chi connectivity index (χ4v) is 2.58. The van der Waals surface area contributed by atoms with Crippen LogP contribution < -0.4 is 11.1 Å². The van der Waals surface area contributed by atoms with Gasteiger partial charge in [-0.1, -0.05) is 0 Å². The van der Waals surface area contributed by atoms with Gasteiger partial charge in [-0.3, -0.25) is 5.73 Å². The Morgan fingerprint density at radius 2 is 2.14 bits per heavy atom. The lowest BCUT2D eigenvalue weighted by atomic mass is 10.3. The van der Waals surface area contributed by atoms with Crippen molar-refractivity contribution in [1.29, 1.82) is 0 Å². The topological polar surface area (TPSA) is 97.6 Å². The molecule has 1 heterocycles. The van der Waals surface area contributed by atoms with Crippen LogP contribution in [0.15, 0.2) is 28.1 Å². The summed E-state index contributed by atoms with van der Waals surface area (Å²) in [7, 11) is 5.61. The number of nitrogens with two attached hydrogens (primary N) is 1. The van der Waals surface area contributed by atoms with E-state index in [2.05, 4.69) is 5.32 Å². The van der Waals surface area contributed by atoms with Crippen molar-refractivity contribution in [3.8, 4) is 0 Å². The van der Waals surface area contributed by atoms with E-state index in [9.17, 15) is 10.1 Å². The molecule has 0 aliphatic carbocycles. The third kappa shape index (κ3) is 6.09. The Balaban J connectivity index is 2.38. The van der Waals surface area contributed by atoms with E-state index in [0.717, 1.165) is 29.6 Å². The second-order valence-corrected chi connectivity index (χ2v) is 5.88. The second-order valence-electron chi connectivity index (χ2n) is 4.78. The van der Waals surface area contributed by atoms with Gasteiger partial charge in [-0.05, 0) is 36.9 Å². The standard InChI is InChI=1S/C13H22N4O3S/c1-15-12(13(14)17(18)19)6-7-21-9-11-5-4-10(20-11)8-16(2)3/h4-5,15H,6-9,14H2,1-3H3. The summed E-state index contributed by atoms with van der Waals surface area (Å²) >= 11 is 1.65. The van der Waals surface area contributed by atoms with Gasteiger partial charge in [0.2, 0.25) is 0 Å². The molecule has 0 bridgehead atoms. The van der Waals surface area contributed by atoms with Crippen molar-refractivity contribution in [2.75, 3.05) is 26.9 Å². The van der Waals surface area contributed by atoms with Crippen LogP contribution in [0.2, 0.25) is 0 Å². The van der Waals surface area contributed by atoms with Crippen molar-refractivity contribution in [2.24, 2.45) is 5.73 Å². The summed E-state index contributed by atoms with van der Waals surface area (Å²) in [6.07, 6.45) is 0.527. The van der Waals surface area contributed by atoms with Crippen LogP contribution in [0.4, 0.5) is 0 Å². The predicted molar refractivity (Wildman–Crippen MR) is 84.1 cm³/mol. The summed E-state index contributed by atoms with van der Waals surface area (Å²) in [5.74, 6) is 3.00. The van der Waals surface area contributed by atoms with Gasteiger partial charge in [0.05, 0.1) is 12.3 Å². The summed E-state index contributed by atoms with van der Waals surface area (Å²) in [5.41, 5.74) is 5.86. The van der Waals surface area contributed by atoms with Crippen LogP contribution in [0.25, 0.3) is 0 Å². The summed E-state index contributed by atoms with van der Waals surface area (Å²) in [6.45, 7) is 0.774. The first-order chi connectivity index (χ1) is 9.93. The number of thioether (sulfide) groups is 1. The first-order valence-corrected chi connectivity index (χ1v) is 7.70. The van der Waals surface area contributed by atoms with Crippen molar-refractivity contribution >= 4 is 11.8 Å². The summed E-state index contributed by atoms with van der Waals surface area (Å²) in [5, 5.41) is 13.4. The summed E-state index contributed by atoms with van der Waals surface area (Å²) in [4.78, 5) is 12.1. The monoisotopic (exact) mass is 314 g/mol. The van der Waals surface area contributed by atoms with Crippen LogP contribution in [-0.2, 0) is 12.3 Å². The van der Waals surface area contributed by atoms with Gasteiger partial charge in [0.25, 0.3) is 0 Å². The molecule has 21 heavy (non-hydrogen) atoms. The fraction of sp³-hybridized carbons (Fsp3) is 0.538. The number of rotatable bonds is 9. The molecule has 118 valence electrons. The van der Waals surface area contributed by atoms with Crippen LogP contribution >= 0.6 is 11.8 Å². The lowest BCUT2D eigenvalue weighted by Gasteiger charge is -2.07. The highest BCUT2D eigenvalue weighted by atomic mass is 32.2. The molecule has 0 fully saturated rings. The third-order valence-electron chi connectivity index (χ3n) is 2.74. The molecular weight excluding hydrogens is 292 g/mol. The van der Waals surface area contributed by atoms with Gasteiger partial charge in [0.1, 0.15) is 17.2 Å². The van der Waals surface area contributed by atoms with Crippen molar-refractivity contribution in [2.45, 2.75) is 18.7 Å². The zero-order valence-electron chi connectivity index (χ0n) is 12.6. The number of hydrogen-bond donors (Lipinski definition) is 2.